The highest BCUT2D eigenvalue weighted by atomic mass is 16.5. The van der Waals surface area contributed by atoms with E-state index in [2.05, 4.69) is 19.2 Å². The normalized spacial score (nSPS) is 22.5. The molecule has 1 atom stereocenters. The van der Waals surface area contributed by atoms with Crippen molar-refractivity contribution in [3.63, 3.8) is 0 Å². The molecule has 1 heterocycles. The summed E-state index contributed by atoms with van der Waals surface area (Å²) in [5.41, 5.74) is 0.587. The van der Waals surface area contributed by atoms with Crippen LogP contribution in [0.4, 0.5) is 0 Å². The minimum atomic E-state index is -0.218. The van der Waals surface area contributed by atoms with Crippen molar-refractivity contribution < 1.29 is 9.53 Å². The molecule has 0 spiro atoms. The molecule has 1 fully saturated rings. The first kappa shape index (κ1) is 15.0. The Bertz CT molecular complexity index is 433. The predicted molar refractivity (Wildman–Crippen MR) is 81.4 cm³/mol. The minimum absolute atomic E-state index is 0.218. The van der Waals surface area contributed by atoms with Crippen molar-refractivity contribution in [2.75, 3.05) is 19.7 Å². The number of ketones is 1. The first-order chi connectivity index (χ1) is 9.72. The van der Waals surface area contributed by atoms with Gasteiger partial charge < -0.3 is 10.1 Å². The van der Waals surface area contributed by atoms with Crippen LogP contribution >= 0.6 is 0 Å². The first-order valence-corrected chi connectivity index (χ1v) is 7.70. The Morgan fingerprint density at radius 1 is 1.30 bits per heavy atom. The molecule has 20 heavy (non-hydrogen) atoms. The van der Waals surface area contributed by atoms with E-state index in [-0.39, 0.29) is 11.2 Å². The molecule has 1 aromatic carbocycles. The molecule has 3 nitrogen and oxygen atoms in total. The maximum atomic E-state index is 12.8. The second-order valence-electron chi connectivity index (χ2n) is 5.62. The molecule has 1 aliphatic rings. The first-order valence-electron chi connectivity index (χ1n) is 7.70. The summed E-state index contributed by atoms with van der Waals surface area (Å²) in [6, 6.07) is 7.61. The van der Waals surface area contributed by atoms with Crippen LogP contribution in [-0.4, -0.2) is 25.5 Å². The van der Waals surface area contributed by atoms with Gasteiger partial charge in [0.15, 0.2) is 5.78 Å². The summed E-state index contributed by atoms with van der Waals surface area (Å²) in [4.78, 5) is 12.8. The van der Waals surface area contributed by atoms with E-state index < -0.39 is 0 Å². The number of piperidine rings is 1. The highest BCUT2D eigenvalue weighted by Crippen LogP contribution is 2.34. The van der Waals surface area contributed by atoms with Crippen LogP contribution in [0.25, 0.3) is 0 Å². The van der Waals surface area contributed by atoms with Crippen molar-refractivity contribution >= 4 is 5.78 Å². The molecular weight excluding hydrogens is 250 g/mol. The van der Waals surface area contributed by atoms with Gasteiger partial charge >= 0.3 is 0 Å². The summed E-state index contributed by atoms with van der Waals surface area (Å²) in [5, 5.41) is 3.37. The van der Waals surface area contributed by atoms with Crippen LogP contribution in [0.2, 0.25) is 0 Å². The van der Waals surface area contributed by atoms with Gasteiger partial charge in [-0.05, 0) is 56.5 Å². The molecule has 0 saturated carbocycles. The molecule has 0 aromatic heterocycles. The SMILES string of the molecule is CCCOc1ccc(C(=O)C2(CC)CCCNC2)cc1. The van der Waals surface area contributed by atoms with Gasteiger partial charge in [0, 0.05) is 17.5 Å². The number of rotatable bonds is 6. The molecule has 0 bridgehead atoms. The molecular formula is C17H25NO2. The van der Waals surface area contributed by atoms with Gasteiger partial charge in [-0.2, -0.15) is 0 Å². The van der Waals surface area contributed by atoms with Crippen LogP contribution in [-0.2, 0) is 0 Å². The van der Waals surface area contributed by atoms with E-state index in [0.29, 0.717) is 0 Å². The van der Waals surface area contributed by atoms with Crippen molar-refractivity contribution in [1.29, 1.82) is 0 Å². The zero-order valence-corrected chi connectivity index (χ0v) is 12.6. The zero-order chi connectivity index (χ0) is 14.4. The highest BCUT2D eigenvalue weighted by Gasteiger charge is 2.38. The smallest absolute Gasteiger partial charge is 0.170 e. The molecule has 1 aliphatic heterocycles. The number of nitrogens with one attached hydrogen (secondary N) is 1. The lowest BCUT2D eigenvalue weighted by Crippen LogP contribution is -2.45. The van der Waals surface area contributed by atoms with E-state index in [4.69, 9.17) is 4.74 Å². The molecule has 110 valence electrons. The average Bonchev–Trinajstić information content (AvgIpc) is 2.53. The Hall–Kier alpha value is -1.35. The van der Waals surface area contributed by atoms with E-state index in [1.807, 2.05) is 24.3 Å². The lowest BCUT2D eigenvalue weighted by Gasteiger charge is -2.35. The molecule has 0 radical (unpaired) electrons. The van der Waals surface area contributed by atoms with Crippen molar-refractivity contribution in [2.24, 2.45) is 5.41 Å². The van der Waals surface area contributed by atoms with Crippen molar-refractivity contribution in [3.8, 4) is 5.75 Å². The minimum Gasteiger partial charge on any atom is -0.494 e. The molecule has 2 rings (SSSR count). The van der Waals surface area contributed by atoms with Gasteiger partial charge in [0.2, 0.25) is 0 Å². The van der Waals surface area contributed by atoms with E-state index in [9.17, 15) is 4.79 Å². The van der Waals surface area contributed by atoms with Crippen LogP contribution in [0, 0.1) is 5.41 Å². The Morgan fingerprint density at radius 3 is 2.60 bits per heavy atom. The Balaban J connectivity index is 2.11. The van der Waals surface area contributed by atoms with E-state index in [1.54, 1.807) is 0 Å². The summed E-state index contributed by atoms with van der Waals surface area (Å²) in [6.45, 7) is 6.74. The van der Waals surface area contributed by atoms with Gasteiger partial charge in [-0.1, -0.05) is 13.8 Å². The van der Waals surface area contributed by atoms with E-state index in [0.717, 1.165) is 56.7 Å². The van der Waals surface area contributed by atoms with Crippen LogP contribution in [0.5, 0.6) is 5.75 Å². The van der Waals surface area contributed by atoms with E-state index in [1.165, 1.54) is 0 Å². The molecule has 1 unspecified atom stereocenters. The number of hydrogen-bond donors (Lipinski definition) is 1. The fourth-order valence-electron chi connectivity index (χ4n) is 2.85. The molecule has 1 saturated heterocycles. The third-order valence-corrected chi connectivity index (χ3v) is 4.22. The van der Waals surface area contributed by atoms with Crippen LogP contribution in [0.15, 0.2) is 24.3 Å². The maximum Gasteiger partial charge on any atom is 0.170 e. The van der Waals surface area contributed by atoms with Crippen LogP contribution in [0.3, 0.4) is 0 Å². The third-order valence-electron chi connectivity index (χ3n) is 4.22. The number of carbonyl (C=O) groups excluding carboxylic acids is 1. The Labute approximate surface area is 121 Å². The zero-order valence-electron chi connectivity index (χ0n) is 12.6. The highest BCUT2D eigenvalue weighted by molar-refractivity contribution is 6.00. The van der Waals surface area contributed by atoms with Crippen LogP contribution < -0.4 is 10.1 Å². The lowest BCUT2D eigenvalue weighted by atomic mass is 9.73. The van der Waals surface area contributed by atoms with Gasteiger partial charge in [0.25, 0.3) is 0 Å². The number of ether oxygens (including phenoxy) is 1. The summed E-state index contributed by atoms with van der Waals surface area (Å²) in [5.74, 6) is 1.12. The van der Waals surface area contributed by atoms with Gasteiger partial charge in [0.05, 0.1) is 6.61 Å². The predicted octanol–water partition coefficient (Wildman–Crippen LogP) is 3.44. The average molecular weight is 275 g/mol. The molecule has 3 heteroatoms. The van der Waals surface area contributed by atoms with Crippen molar-refractivity contribution in [3.05, 3.63) is 29.8 Å². The molecule has 0 aliphatic carbocycles. The second kappa shape index (κ2) is 6.89. The molecule has 0 amide bonds. The van der Waals surface area contributed by atoms with Crippen molar-refractivity contribution in [2.45, 2.75) is 39.5 Å². The standard InChI is InChI=1S/C17H25NO2/c1-3-12-20-15-8-6-14(7-9-15)16(19)17(4-2)10-5-11-18-13-17/h6-9,18H,3-5,10-13H2,1-2H3. The van der Waals surface area contributed by atoms with E-state index >= 15 is 0 Å². The van der Waals surface area contributed by atoms with Gasteiger partial charge in [-0.15, -0.1) is 0 Å². The maximum absolute atomic E-state index is 12.8. The molecule has 1 aromatic rings. The van der Waals surface area contributed by atoms with Crippen molar-refractivity contribution in [1.82, 2.24) is 5.32 Å². The third kappa shape index (κ3) is 3.21. The summed E-state index contributed by atoms with van der Waals surface area (Å²) in [6.07, 6.45) is 3.96. The molecule has 1 N–H and O–H groups in total. The van der Waals surface area contributed by atoms with Gasteiger partial charge in [0.1, 0.15) is 5.75 Å². The van der Waals surface area contributed by atoms with Crippen LogP contribution in [0.1, 0.15) is 49.9 Å². The number of benzene rings is 1. The summed E-state index contributed by atoms with van der Waals surface area (Å²) < 4.78 is 5.56. The Kier molecular flexibility index (Phi) is 5.18. The Morgan fingerprint density at radius 2 is 2.05 bits per heavy atom. The largest absolute Gasteiger partial charge is 0.494 e. The lowest BCUT2D eigenvalue weighted by molar-refractivity contribution is 0.0730. The second-order valence-corrected chi connectivity index (χ2v) is 5.62. The topological polar surface area (TPSA) is 38.3 Å². The monoisotopic (exact) mass is 275 g/mol. The van der Waals surface area contributed by atoms with Gasteiger partial charge in [-0.25, -0.2) is 0 Å². The number of Topliss-reactive ketones (excluding diaryl/α,β-unsaturated/α-hetero) is 1. The fraction of sp³-hybridized carbons (Fsp3) is 0.588. The van der Waals surface area contributed by atoms with Gasteiger partial charge in [-0.3, -0.25) is 4.79 Å². The fourth-order valence-corrected chi connectivity index (χ4v) is 2.85. The summed E-state index contributed by atoms with van der Waals surface area (Å²) >= 11 is 0. The number of carbonyl (C=O) groups is 1. The summed E-state index contributed by atoms with van der Waals surface area (Å²) in [7, 11) is 0. The number of hydrogen-bond acceptors (Lipinski definition) is 3. The quantitative estimate of drug-likeness (QED) is 0.808.